The summed E-state index contributed by atoms with van der Waals surface area (Å²) in [6.45, 7) is 0. The molecule has 1 heterocycles. The highest BCUT2D eigenvalue weighted by molar-refractivity contribution is 6.30. The lowest BCUT2D eigenvalue weighted by molar-refractivity contribution is 0.477. The van der Waals surface area contributed by atoms with Gasteiger partial charge >= 0.3 is 0 Å². The monoisotopic (exact) mass is 490 g/mol. The molecule has 1 aromatic heterocycles. The molecule has 0 saturated carbocycles. The molecule has 0 aliphatic rings. The quantitative estimate of drug-likeness (QED) is 0.197. The van der Waals surface area contributed by atoms with Crippen LogP contribution in [0.25, 0.3) is 28.1 Å². The number of hydrogen-bond donors (Lipinski definition) is 2. The number of nitrogen functional groups attached to an aromatic ring is 1. The molecule has 0 amide bonds. The molecular formula is C28H19ClN6O. The lowest BCUT2D eigenvalue weighted by Crippen LogP contribution is -1.95. The van der Waals surface area contributed by atoms with Gasteiger partial charge in [-0.2, -0.15) is 15.5 Å². The Bertz CT molecular complexity index is 1600. The number of aromatic hydroxyl groups is 1. The highest BCUT2D eigenvalue weighted by Gasteiger charge is 2.22. The van der Waals surface area contributed by atoms with Gasteiger partial charge in [0.15, 0.2) is 5.69 Å². The number of anilines is 1. The van der Waals surface area contributed by atoms with Gasteiger partial charge in [-0.05, 0) is 42.5 Å². The van der Waals surface area contributed by atoms with Crippen molar-refractivity contribution in [2.45, 2.75) is 0 Å². The first kappa shape index (κ1) is 22.8. The second-order valence-corrected chi connectivity index (χ2v) is 8.34. The number of nitrogens with zero attached hydrogens (tertiary/aromatic N) is 5. The molecule has 5 rings (SSSR count). The number of nitrogens with two attached hydrogens (primary N) is 1. The van der Waals surface area contributed by atoms with E-state index in [1.165, 1.54) is 6.07 Å². The van der Waals surface area contributed by atoms with Gasteiger partial charge in [-0.3, -0.25) is 0 Å². The molecule has 0 fully saturated rings. The number of azo groups is 1. The minimum Gasteiger partial charge on any atom is -0.506 e. The van der Waals surface area contributed by atoms with E-state index in [0.29, 0.717) is 27.5 Å². The Kier molecular flexibility index (Phi) is 6.18. The topological polar surface area (TPSA) is 113 Å². The number of rotatable bonds is 5. The van der Waals surface area contributed by atoms with Crippen LogP contribution in [0.15, 0.2) is 107 Å². The molecule has 4 aromatic carbocycles. The van der Waals surface area contributed by atoms with Crippen LogP contribution in [0.1, 0.15) is 5.56 Å². The summed E-state index contributed by atoms with van der Waals surface area (Å²) in [5.74, 6) is -0.203. The summed E-state index contributed by atoms with van der Waals surface area (Å²) in [5.41, 5.74) is 10.5. The van der Waals surface area contributed by atoms with E-state index in [4.69, 9.17) is 22.4 Å². The van der Waals surface area contributed by atoms with E-state index in [1.54, 1.807) is 28.9 Å². The average molecular weight is 491 g/mol. The zero-order valence-electron chi connectivity index (χ0n) is 18.9. The maximum atomic E-state index is 10.9. The number of halogens is 1. The first-order chi connectivity index (χ1) is 17.5. The van der Waals surface area contributed by atoms with Crippen molar-refractivity contribution in [2.24, 2.45) is 10.2 Å². The van der Waals surface area contributed by atoms with Gasteiger partial charge in [0.25, 0.3) is 0 Å². The van der Waals surface area contributed by atoms with E-state index in [0.717, 1.165) is 11.3 Å². The molecule has 0 atom stereocenters. The number of aromatic nitrogens is 2. The van der Waals surface area contributed by atoms with E-state index in [2.05, 4.69) is 16.3 Å². The zero-order valence-corrected chi connectivity index (χ0v) is 19.6. The smallest absolute Gasteiger partial charge is 0.152 e. The zero-order chi connectivity index (χ0) is 25.1. The molecular weight excluding hydrogens is 472 g/mol. The van der Waals surface area contributed by atoms with Gasteiger partial charge in [0, 0.05) is 27.9 Å². The largest absolute Gasteiger partial charge is 0.506 e. The maximum Gasteiger partial charge on any atom is 0.152 e. The van der Waals surface area contributed by atoms with Crippen molar-refractivity contribution in [1.82, 2.24) is 9.78 Å². The molecule has 8 heteroatoms. The van der Waals surface area contributed by atoms with E-state index in [-0.39, 0.29) is 22.7 Å². The molecule has 36 heavy (non-hydrogen) atoms. The Balaban J connectivity index is 1.67. The van der Waals surface area contributed by atoms with Crippen molar-refractivity contribution in [3.05, 3.63) is 108 Å². The van der Waals surface area contributed by atoms with Crippen molar-refractivity contribution in [2.75, 3.05) is 5.73 Å². The summed E-state index contributed by atoms with van der Waals surface area (Å²) in [6, 6.07) is 29.6. The van der Waals surface area contributed by atoms with Crippen molar-refractivity contribution >= 4 is 28.7 Å². The summed E-state index contributed by atoms with van der Waals surface area (Å²) >= 11 is 5.92. The van der Waals surface area contributed by atoms with E-state index >= 15 is 0 Å². The van der Waals surface area contributed by atoms with Gasteiger partial charge in [-0.25, -0.2) is 4.68 Å². The van der Waals surface area contributed by atoms with Gasteiger partial charge in [0.1, 0.15) is 17.5 Å². The maximum absolute atomic E-state index is 10.9. The number of para-hydroxylation sites is 1. The van der Waals surface area contributed by atoms with Gasteiger partial charge in [-0.1, -0.05) is 60.1 Å². The van der Waals surface area contributed by atoms with Crippen LogP contribution in [0.4, 0.5) is 17.1 Å². The minimum absolute atomic E-state index is 0.0157. The predicted molar refractivity (Wildman–Crippen MR) is 141 cm³/mol. The van der Waals surface area contributed by atoms with Crippen molar-refractivity contribution in [3.8, 4) is 39.9 Å². The van der Waals surface area contributed by atoms with E-state index in [9.17, 15) is 10.4 Å². The third-order valence-corrected chi connectivity index (χ3v) is 5.85. The molecule has 3 N–H and O–H groups in total. The molecule has 0 unspecified atom stereocenters. The lowest BCUT2D eigenvalue weighted by atomic mass is 9.95. The SMILES string of the molecule is N#Cc1c(-c2cn(-c3ccccc3)nc2-c2ccccc2)cc(O)c(N=Nc2ccc(Cl)cc2)c1N. The van der Waals surface area contributed by atoms with Gasteiger partial charge < -0.3 is 10.8 Å². The predicted octanol–water partition coefficient (Wildman–Crippen LogP) is 7.43. The molecule has 5 aromatic rings. The lowest BCUT2D eigenvalue weighted by Gasteiger charge is -2.11. The molecule has 0 bridgehead atoms. The Morgan fingerprint density at radius 3 is 2.22 bits per heavy atom. The average Bonchev–Trinajstić information content (AvgIpc) is 3.36. The molecule has 7 nitrogen and oxygen atoms in total. The summed E-state index contributed by atoms with van der Waals surface area (Å²) in [4.78, 5) is 0. The second kappa shape index (κ2) is 9.74. The number of phenolic OH excluding ortho intramolecular Hbond substituents is 1. The molecule has 0 saturated heterocycles. The highest BCUT2D eigenvalue weighted by Crippen LogP contribution is 2.44. The third kappa shape index (κ3) is 4.41. The summed E-state index contributed by atoms with van der Waals surface area (Å²) < 4.78 is 1.74. The number of benzene rings is 4. The van der Waals surface area contributed by atoms with Crippen molar-refractivity contribution in [1.29, 1.82) is 5.26 Å². The first-order valence-electron chi connectivity index (χ1n) is 11.0. The van der Waals surface area contributed by atoms with Crippen LogP contribution in [0, 0.1) is 11.3 Å². The molecule has 0 spiro atoms. The third-order valence-electron chi connectivity index (χ3n) is 5.59. The Hall–Kier alpha value is -4.93. The van der Waals surface area contributed by atoms with Crippen LogP contribution < -0.4 is 5.73 Å². The standard InChI is InChI=1S/C28H19ClN6O/c29-19-11-13-20(14-12-19)32-33-28-25(36)15-22(23(16-30)26(28)31)24-17-35(21-9-5-2-6-10-21)34-27(24)18-7-3-1-4-8-18/h1-15,17,36H,31H2. The van der Waals surface area contributed by atoms with Crippen LogP contribution in [-0.4, -0.2) is 14.9 Å². The molecule has 0 aliphatic heterocycles. The van der Waals surface area contributed by atoms with E-state index in [1.807, 2.05) is 66.9 Å². The van der Waals surface area contributed by atoms with Crippen LogP contribution in [0.3, 0.4) is 0 Å². The van der Waals surface area contributed by atoms with Crippen LogP contribution >= 0.6 is 11.6 Å². The fraction of sp³-hybridized carbons (Fsp3) is 0. The number of hydrogen-bond acceptors (Lipinski definition) is 6. The van der Waals surface area contributed by atoms with Crippen molar-refractivity contribution < 1.29 is 5.11 Å². The van der Waals surface area contributed by atoms with Crippen LogP contribution in [-0.2, 0) is 0 Å². The second-order valence-electron chi connectivity index (χ2n) is 7.91. The van der Waals surface area contributed by atoms with E-state index < -0.39 is 0 Å². The van der Waals surface area contributed by atoms with Crippen LogP contribution in [0.2, 0.25) is 5.02 Å². The molecule has 0 radical (unpaired) electrons. The van der Waals surface area contributed by atoms with Crippen molar-refractivity contribution in [3.63, 3.8) is 0 Å². The van der Waals surface area contributed by atoms with Gasteiger partial charge in [0.05, 0.1) is 22.6 Å². The van der Waals surface area contributed by atoms with Gasteiger partial charge in [-0.15, -0.1) is 5.11 Å². The normalized spacial score (nSPS) is 11.0. The fourth-order valence-corrected chi connectivity index (χ4v) is 3.95. The summed E-state index contributed by atoms with van der Waals surface area (Å²) in [6.07, 6.45) is 1.82. The number of nitriles is 1. The Labute approximate surface area is 212 Å². The minimum atomic E-state index is -0.203. The first-order valence-corrected chi connectivity index (χ1v) is 11.4. The molecule has 0 aliphatic carbocycles. The van der Waals surface area contributed by atoms with Crippen LogP contribution in [0.5, 0.6) is 5.75 Å². The Morgan fingerprint density at radius 2 is 1.56 bits per heavy atom. The summed E-state index contributed by atoms with van der Waals surface area (Å²) in [7, 11) is 0. The van der Waals surface area contributed by atoms with Gasteiger partial charge in [0.2, 0.25) is 0 Å². The summed E-state index contributed by atoms with van der Waals surface area (Å²) in [5, 5.41) is 34.5. The highest BCUT2D eigenvalue weighted by atomic mass is 35.5. The number of phenols is 1. The Morgan fingerprint density at radius 1 is 0.889 bits per heavy atom. The molecule has 174 valence electrons. The fourth-order valence-electron chi connectivity index (χ4n) is 3.83.